The highest BCUT2D eigenvalue weighted by atomic mass is 35.5. The van der Waals surface area contributed by atoms with Crippen LogP contribution in [-0.4, -0.2) is 26.0 Å². The molecule has 0 saturated heterocycles. The van der Waals surface area contributed by atoms with Crippen molar-refractivity contribution in [3.8, 4) is 0 Å². The van der Waals surface area contributed by atoms with Gasteiger partial charge in [-0.2, -0.15) is 0 Å². The van der Waals surface area contributed by atoms with Gasteiger partial charge in [0.15, 0.2) is 0 Å². The van der Waals surface area contributed by atoms with E-state index in [0.717, 1.165) is 18.7 Å². The summed E-state index contributed by atoms with van der Waals surface area (Å²) in [6, 6.07) is 3.30. The van der Waals surface area contributed by atoms with Crippen LogP contribution in [0.2, 0.25) is 10.0 Å². The summed E-state index contributed by atoms with van der Waals surface area (Å²) in [7, 11) is 1.60. The molecule has 1 rings (SSSR count). The first kappa shape index (κ1) is 14.9. The predicted molar refractivity (Wildman–Crippen MR) is 77.4 cm³/mol. The Morgan fingerprint density at radius 2 is 2.00 bits per heavy atom. The minimum absolute atomic E-state index is 0.0751. The number of hydrogen-bond acceptors (Lipinski definition) is 3. The fraction of sp³-hybridized carbons (Fsp3) is 0.417. The summed E-state index contributed by atoms with van der Waals surface area (Å²) in [6.07, 6.45) is 0.899. The number of amides is 1. The van der Waals surface area contributed by atoms with Crippen molar-refractivity contribution in [2.45, 2.75) is 13.3 Å². The largest absolute Gasteiger partial charge is 0.397 e. The van der Waals surface area contributed by atoms with Crippen LogP contribution < -0.4 is 16.0 Å². The third kappa shape index (κ3) is 3.68. The first-order chi connectivity index (χ1) is 8.49. The Balaban J connectivity index is 3.05. The zero-order valence-corrected chi connectivity index (χ0v) is 12.0. The second-order valence-electron chi connectivity index (χ2n) is 3.92. The van der Waals surface area contributed by atoms with Gasteiger partial charge >= 0.3 is 0 Å². The Morgan fingerprint density at radius 3 is 2.56 bits per heavy atom. The van der Waals surface area contributed by atoms with Crippen LogP contribution in [0.5, 0.6) is 0 Å². The molecular weight excluding hydrogens is 273 g/mol. The van der Waals surface area contributed by atoms with Crippen LogP contribution in [0.4, 0.5) is 11.4 Å². The summed E-state index contributed by atoms with van der Waals surface area (Å²) in [6.45, 7) is 2.99. The van der Waals surface area contributed by atoms with E-state index in [4.69, 9.17) is 28.9 Å². The van der Waals surface area contributed by atoms with E-state index in [-0.39, 0.29) is 12.5 Å². The van der Waals surface area contributed by atoms with E-state index in [2.05, 4.69) is 5.32 Å². The van der Waals surface area contributed by atoms with Crippen molar-refractivity contribution in [3.05, 3.63) is 22.2 Å². The van der Waals surface area contributed by atoms with Gasteiger partial charge in [0.1, 0.15) is 0 Å². The fourth-order valence-electron chi connectivity index (χ4n) is 1.63. The first-order valence-electron chi connectivity index (χ1n) is 5.69. The van der Waals surface area contributed by atoms with Crippen molar-refractivity contribution in [1.82, 2.24) is 5.32 Å². The normalized spacial score (nSPS) is 10.2. The molecule has 0 spiro atoms. The van der Waals surface area contributed by atoms with Crippen LogP contribution in [0.15, 0.2) is 12.1 Å². The number of hydrogen-bond donors (Lipinski definition) is 2. The van der Waals surface area contributed by atoms with Crippen molar-refractivity contribution in [2.75, 3.05) is 30.8 Å². The van der Waals surface area contributed by atoms with Gasteiger partial charge in [-0.05, 0) is 18.6 Å². The fourth-order valence-corrected chi connectivity index (χ4v) is 1.96. The molecule has 3 N–H and O–H groups in total. The molecule has 6 heteroatoms. The number of benzene rings is 1. The van der Waals surface area contributed by atoms with E-state index in [1.165, 1.54) is 0 Å². The predicted octanol–water partition coefficient (Wildman–Crippen LogP) is 2.54. The smallest absolute Gasteiger partial charge is 0.239 e. The van der Waals surface area contributed by atoms with E-state index < -0.39 is 0 Å². The summed E-state index contributed by atoms with van der Waals surface area (Å²) >= 11 is 11.9. The molecule has 18 heavy (non-hydrogen) atoms. The average Bonchev–Trinajstić information content (AvgIpc) is 2.33. The van der Waals surface area contributed by atoms with E-state index >= 15 is 0 Å². The van der Waals surface area contributed by atoms with Crippen molar-refractivity contribution in [3.63, 3.8) is 0 Å². The number of nitrogens with one attached hydrogen (secondary N) is 1. The SMILES string of the molecule is CCCN(CC(=O)NC)c1cc(Cl)c(Cl)cc1N. The lowest BCUT2D eigenvalue weighted by atomic mass is 10.2. The number of carbonyl (C=O) groups excluding carboxylic acids is 1. The zero-order valence-electron chi connectivity index (χ0n) is 10.5. The third-order valence-corrected chi connectivity index (χ3v) is 3.24. The monoisotopic (exact) mass is 289 g/mol. The molecule has 0 bridgehead atoms. The van der Waals surface area contributed by atoms with Crippen LogP contribution in [0.3, 0.4) is 0 Å². The molecule has 0 aliphatic heterocycles. The Labute approximate surface area is 117 Å². The zero-order chi connectivity index (χ0) is 13.7. The van der Waals surface area contributed by atoms with Gasteiger partial charge in [0, 0.05) is 13.6 Å². The van der Waals surface area contributed by atoms with Gasteiger partial charge in [-0.1, -0.05) is 30.1 Å². The summed E-state index contributed by atoms with van der Waals surface area (Å²) in [5, 5.41) is 3.43. The van der Waals surface area contributed by atoms with Crippen molar-refractivity contribution in [1.29, 1.82) is 0 Å². The Kier molecular flexibility index (Phi) is 5.56. The van der Waals surface area contributed by atoms with E-state index in [0.29, 0.717) is 15.7 Å². The second kappa shape index (κ2) is 6.71. The van der Waals surface area contributed by atoms with Gasteiger partial charge in [-0.3, -0.25) is 4.79 Å². The molecule has 0 atom stereocenters. The third-order valence-electron chi connectivity index (χ3n) is 2.52. The van der Waals surface area contributed by atoms with Gasteiger partial charge in [0.2, 0.25) is 5.91 Å². The molecular formula is C12H17Cl2N3O. The lowest BCUT2D eigenvalue weighted by Gasteiger charge is -2.25. The first-order valence-corrected chi connectivity index (χ1v) is 6.45. The van der Waals surface area contributed by atoms with Crippen LogP contribution in [0.25, 0.3) is 0 Å². The highest BCUT2D eigenvalue weighted by molar-refractivity contribution is 6.42. The van der Waals surface area contributed by atoms with Gasteiger partial charge in [-0.15, -0.1) is 0 Å². The van der Waals surface area contributed by atoms with Crippen molar-refractivity contribution < 1.29 is 4.79 Å². The minimum Gasteiger partial charge on any atom is -0.397 e. The van der Waals surface area contributed by atoms with Gasteiger partial charge in [-0.25, -0.2) is 0 Å². The van der Waals surface area contributed by atoms with Gasteiger partial charge < -0.3 is 16.0 Å². The molecule has 0 fully saturated rings. The van der Waals surface area contributed by atoms with Gasteiger partial charge in [0.05, 0.1) is 28.0 Å². The molecule has 4 nitrogen and oxygen atoms in total. The summed E-state index contributed by atoms with van der Waals surface area (Å²) in [4.78, 5) is 13.4. The molecule has 0 unspecified atom stereocenters. The number of nitrogens with zero attached hydrogens (tertiary/aromatic N) is 1. The maximum absolute atomic E-state index is 11.5. The molecule has 0 aliphatic carbocycles. The van der Waals surface area contributed by atoms with Crippen LogP contribution >= 0.6 is 23.2 Å². The van der Waals surface area contributed by atoms with Crippen molar-refractivity contribution >= 4 is 40.5 Å². The lowest BCUT2D eigenvalue weighted by Crippen LogP contribution is -2.36. The number of likely N-dealkylation sites (N-methyl/N-ethyl adjacent to an activating group) is 1. The van der Waals surface area contributed by atoms with Crippen LogP contribution in [-0.2, 0) is 4.79 Å². The molecule has 1 aromatic carbocycles. The molecule has 0 aromatic heterocycles. The van der Waals surface area contributed by atoms with Crippen LogP contribution in [0, 0.1) is 0 Å². The Bertz CT molecular complexity index is 438. The van der Waals surface area contributed by atoms with E-state index in [1.807, 2.05) is 11.8 Å². The summed E-state index contributed by atoms with van der Waals surface area (Å²) < 4.78 is 0. The summed E-state index contributed by atoms with van der Waals surface area (Å²) in [5.74, 6) is -0.0751. The highest BCUT2D eigenvalue weighted by Gasteiger charge is 2.14. The molecule has 1 aromatic rings. The standard InChI is InChI=1S/C12H17Cl2N3O/c1-3-4-17(7-12(18)16-2)11-6-9(14)8(13)5-10(11)15/h5-6H,3-4,7,15H2,1-2H3,(H,16,18). The number of nitrogens with two attached hydrogens (primary N) is 1. The molecule has 1 amide bonds. The second-order valence-corrected chi connectivity index (χ2v) is 4.73. The molecule has 100 valence electrons. The minimum atomic E-state index is -0.0751. The molecule has 0 saturated carbocycles. The molecule has 0 radical (unpaired) electrons. The topological polar surface area (TPSA) is 58.4 Å². The number of halogens is 2. The number of anilines is 2. The van der Waals surface area contributed by atoms with E-state index in [1.54, 1.807) is 19.2 Å². The number of nitrogen functional groups attached to an aromatic ring is 1. The van der Waals surface area contributed by atoms with Gasteiger partial charge in [0.25, 0.3) is 0 Å². The lowest BCUT2D eigenvalue weighted by molar-refractivity contribution is -0.119. The Morgan fingerprint density at radius 1 is 1.39 bits per heavy atom. The number of rotatable bonds is 5. The maximum Gasteiger partial charge on any atom is 0.239 e. The molecule has 0 heterocycles. The quantitative estimate of drug-likeness (QED) is 0.819. The number of carbonyl (C=O) groups is 1. The maximum atomic E-state index is 11.5. The van der Waals surface area contributed by atoms with Crippen LogP contribution in [0.1, 0.15) is 13.3 Å². The van der Waals surface area contributed by atoms with Crippen molar-refractivity contribution in [2.24, 2.45) is 0 Å². The summed E-state index contributed by atoms with van der Waals surface area (Å²) in [5.41, 5.74) is 7.17. The molecule has 0 aliphatic rings. The Hall–Kier alpha value is -1.13. The van der Waals surface area contributed by atoms with E-state index in [9.17, 15) is 4.79 Å². The highest BCUT2D eigenvalue weighted by Crippen LogP contribution is 2.33. The average molecular weight is 290 g/mol.